The fourth-order valence-electron chi connectivity index (χ4n) is 2.21. The van der Waals surface area contributed by atoms with E-state index < -0.39 is 0 Å². The van der Waals surface area contributed by atoms with Crippen molar-refractivity contribution in [3.05, 3.63) is 41.1 Å². The minimum atomic E-state index is 0.562. The second-order valence-electron chi connectivity index (χ2n) is 4.78. The van der Waals surface area contributed by atoms with Crippen LogP contribution >= 0.6 is 11.8 Å². The van der Waals surface area contributed by atoms with E-state index in [1.165, 1.54) is 11.8 Å². The molecule has 106 valence electrons. The van der Waals surface area contributed by atoms with Crippen molar-refractivity contribution in [3.8, 4) is 17.6 Å². The number of hydrogen-bond acceptors (Lipinski definition) is 5. The van der Waals surface area contributed by atoms with Crippen LogP contribution in [0.15, 0.2) is 34.2 Å². The van der Waals surface area contributed by atoms with Gasteiger partial charge in [0.15, 0.2) is 11.5 Å². The van der Waals surface area contributed by atoms with Crippen molar-refractivity contribution < 1.29 is 9.47 Å². The first kappa shape index (κ1) is 13.8. The molecule has 0 atom stereocenters. The van der Waals surface area contributed by atoms with Gasteiger partial charge in [0.25, 0.3) is 0 Å². The molecule has 0 fully saturated rings. The van der Waals surface area contributed by atoms with Crippen molar-refractivity contribution in [2.45, 2.75) is 23.8 Å². The summed E-state index contributed by atoms with van der Waals surface area (Å²) >= 11 is 1.47. The molecule has 2 heterocycles. The first-order valence-corrected chi connectivity index (χ1v) is 7.45. The smallest absolute Gasteiger partial charge is 0.162 e. The summed E-state index contributed by atoms with van der Waals surface area (Å²) in [5.41, 5.74) is 2.48. The zero-order chi connectivity index (χ0) is 14.8. The molecule has 0 bridgehead atoms. The number of benzene rings is 1. The number of pyridine rings is 1. The maximum absolute atomic E-state index is 9.31. The lowest BCUT2D eigenvalue weighted by Crippen LogP contribution is -2.15. The molecule has 0 spiro atoms. The lowest BCUT2D eigenvalue weighted by atomic mass is 10.1. The van der Waals surface area contributed by atoms with Gasteiger partial charge in [-0.3, -0.25) is 0 Å². The van der Waals surface area contributed by atoms with Crippen LogP contribution in [0.4, 0.5) is 0 Å². The molecule has 1 aliphatic rings. The van der Waals surface area contributed by atoms with Gasteiger partial charge in [0.1, 0.15) is 24.3 Å². The van der Waals surface area contributed by atoms with Gasteiger partial charge in [-0.25, -0.2) is 4.98 Å². The molecule has 0 saturated carbocycles. The van der Waals surface area contributed by atoms with Gasteiger partial charge >= 0.3 is 0 Å². The molecule has 4 nitrogen and oxygen atoms in total. The molecule has 2 aromatic rings. The SMILES string of the molecule is Cc1cc(C)c(C#N)c(Sc2ccc3c(c2)OCCO3)n1. The van der Waals surface area contributed by atoms with Crippen LogP contribution in [0, 0.1) is 25.2 Å². The van der Waals surface area contributed by atoms with Gasteiger partial charge < -0.3 is 9.47 Å². The van der Waals surface area contributed by atoms with Crippen molar-refractivity contribution in [3.63, 3.8) is 0 Å². The molecule has 0 N–H and O–H groups in total. The molecule has 0 amide bonds. The third-order valence-corrected chi connectivity index (χ3v) is 4.13. The highest BCUT2D eigenvalue weighted by Gasteiger charge is 2.14. The van der Waals surface area contributed by atoms with Gasteiger partial charge in [-0.05, 0) is 43.7 Å². The number of nitriles is 1. The van der Waals surface area contributed by atoms with E-state index >= 15 is 0 Å². The molecule has 0 aliphatic carbocycles. The normalized spacial score (nSPS) is 12.8. The van der Waals surface area contributed by atoms with E-state index in [2.05, 4.69) is 11.1 Å². The first-order valence-electron chi connectivity index (χ1n) is 6.63. The number of aromatic nitrogens is 1. The Kier molecular flexibility index (Phi) is 3.72. The molecule has 5 heteroatoms. The second kappa shape index (κ2) is 5.66. The summed E-state index contributed by atoms with van der Waals surface area (Å²) in [6.45, 7) is 5.01. The summed E-state index contributed by atoms with van der Waals surface area (Å²) in [5, 5.41) is 10.0. The standard InChI is InChI=1S/C16H14N2O2S/c1-10-7-11(2)18-16(13(10)9-17)21-12-3-4-14-15(8-12)20-6-5-19-14/h3-4,7-8H,5-6H2,1-2H3. The number of fused-ring (bicyclic) bond motifs is 1. The van der Waals surface area contributed by atoms with E-state index in [9.17, 15) is 5.26 Å². The molecular formula is C16H14N2O2S. The number of rotatable bonds is 2. The van der Waals surface area contributed by atoms with E-state index in [0.717, 1.165) is 32.7 Å². The zero-order valence-corrected chi connectivity index (χ0v) is 12.7. The Hall–Kier alpha value is -2.19. The summed E-state index contributed by atoms with van der Waals surface area (Å²) in [6.07, 6.45) is 0. The van der Waals surface area contributed by atoms with Crippen LogP contribution in [0.2, 0.25) is 0 Å². The maximum atomic E-state index is 9.31. The highest BCUT2D eigenvalue weighted by atomic mass is 32.2. The van der Waals surface area contributed by atoms with Crippen molar-refractivity contribution in [2.75, 3.05) is 13.2 Å². The average Bonchev–Trinajstić information content (AvgIpc) is 2.47. The topological polar surface area (TPSA) is 55.1 Å². The highest BCUT2D eigenvalue weighted by molar-refractivity contribution is 7.99. The molecule has 0 radical (unpaired) electrons. The summed E-state index contributed by atoms with van der Waals surface area (Å²) in [6, 6.07) is 9.94. The fraction of sp³-hybridized carbons (Fsp3) is 0.250. The van der Waals surface area contributed by atoms with Crippen molar-refractivity contribution in [1.82, 2.24) is 4.98 Å². The molecule has 3 rings (SSSR count). The van der Waals surface area contributed by atoms with Crippen LogP contribution in [0.1, 0.15) is 16.8 Å². The van der Waals surface area contributed by atoms with Crippen molar-refractivity contribution in [1.29, 1.82) is 5.26 Å². The minimum Gasteiger partial charge on any atom is -0.486 e. The van der Waals surface area contributed by atoms with Gasteiger partial charge in [-0.15, -0.1) is 0 Å². The van der Waals surface area contributed by atoms with Crippen molar-refractivity contribution in [2.24, 2.45) is 0 Å². The van der Waals surface area contributed by atoms with E-state index in [0.29, 0.717) is 18.8 Å². The lowest BCUT2D eigenvalue weighted by Gasteiger charge is -2.18. The number of hydrogen-bond donors (Lipinski definition) is 0. The largest absolute Gasteiger partial charge is 0.486 e. The van der Waals surface area contributed by atoms with E-state index in [1.807, 2.05) is 38.1 Å². The van der Waals surface area contributed by atoms with Crippen LogP contribution in [0.25, 0.3) is 0 Å². The third kappa shape index (κ3) is 2.81. The van der Waals surface area contributed by atoms with E-state index in [1.54, 1.807) is 0 Å². The summed E-state index contributed by atoms with van der Waals surface area (Å²) in [4.78, 5) is 5.46. The zero-order valence-electron chi connectivity index (χ0n) is 11.8. The van der Waals surface area contributed by atoms with Crippen LogP contribution in [0.3, 0.4) is 0 Å². The average molecular weight is 298 g/mol. The van der Waals surface area contributed by atoms with Crippen LogP contribution in [-0.4, -0.2) is 18.2 Å². The Morgan fingerprint density at radius 3 is 2.67 bits per heavy atom. The molecule has 1 aromatic carbocycles. The number of ether oxygens (including phenoxy) is 2. The molecule has 0 unspecified atom stereocenters. The molecule has 0 saturated heterocycles. The Bertz CT molecular complexity index is 738. The van der Waals surface area contributed by atoms with Gasteiger partial charge in [-0.2, -0.15) is 5.26 Å². The minimum absolute atomic E-state index is 0.562. The second-order valence-corrected chi connectivity index (χ2v) is 5.84. The molecular weight excluding hydrogens is 284 g/mol. The third-order valence-electron chi connectivity index (χ3n) is 3.15. The predicted molar refractivity (Wildman–Crippen MR) is 80.0 cm³/mol. The first-order chi connectivity index (χ1) is 10.2. The molecule has 21 heavy (non-hydrogen) atoms. The molecule has 1 aliphatic heterocycles. The van der Waals surface area contributed by atoms with Crippen LogP contribution < -0.4 is 9.47 Å². The van der Waals surface area contributed by atoms with Gasteiger partial charge in [-0.1, -0.05) is 11.8 Å². The van der Waals surface area contributed by atoms with Crippen molar-refractivity contribution >= 4 is 11.8 Å². The number of nitrogens with zero attached hydrogens (tertiary/aromatic N) is 2. The van der Waals surface area contributed by atoms with Gasteiger partial charge in [0.05, 0.1) is 5.56 Å². The van der Waals surface area contributed by atoms with E-state index in [4.69, 9.17) is 9.47 Å². The van der Waals surface area contributed by atoms with Gasteiger partial charge in [0.2, 0.25) is 0 Å². The fourth-order valence-corrected chi connectivity index (χ4v) is 3.23. The quantitative estimate of drug-likeness (QED) is 0.849. The number of aryl methyl sites for hydroxylation is 2. The lowest BCUT2D eigenvalue weighted by molar-refractivity contribution is 0.171. The summed E-state index contributed by atoms with van der Waals surface area (Å²) < 4.78 is 11.1. The monoisotopic (exact) mass is 298 g/mol. The predicted octanol–water partition coefficient (Wildman–Crippen LogP) is 3.49. The Morgan fingerprint density at radius 1 is 1.14 bits per heavy atom. The molecule has 1 aromatic heterocycles. The van der Waals surface area contributed by atoms with Gasteiger partial charge in [0, 0.05) is 10.6 Å². The Balaban J connectivity index is 1.96. The van der Waals surface area contributed by atoms with E-state index in [-0.39, 0.29) is 0 Å². The summed E-state index contributed by atoms with van der Waals surface area (Å²) in [7, 11) is 0. The highest BCUT2D eigenvalue weighted by Crippen LogP contribution is 2.37. The summed E-state index contributed by atoms with van der Waals surface area (Å²) in [5.74, 6) is 1.51. The maximum Gasteiger partial charge on any atom is 0.162 e. The van der Waals surface area contributed by atoms with Crippen LogP contribution in [0.5, 0.6) is 11.5 Å². The Morgan fingerprint density at radius 2 is 1.90 bits per heavy atom. The Labute approximate surface area is 127 Å². The van der Waals surface area contributed by atoms with Crippen LogP contribution in [-0.2, 0) is 0 Å².